The first-order valence-corrected chi connectivity index (χ1v) is 7.11. The van der Waals surface area contributed by atoms with Crippen LogP contribution >= 0.6 is 0 Å². The van der Waals surface area contributed by atoms with Gasteiger partial charge in [0.25, 0.3) is 0 Å². The predicted octanol–water partition coefficient (Wildman–Crippen LogP) is 3.16. The summed E-state index contributed by atoms with van der Waals surface area (Å²) in [5, 5.41) is 3.47. The SMILES string of the molecule is CCNCC(C)(CC)CN(C)c1ccccc1OC. The van der Waals surface area contributed by atoms with Crippen LogP contribution in [0.2, 0.25) is 0 Å². The number of ether oxygens (including phenoxy) is 1. The van der Waals surface area contributed by atoms with Gasteiger partial charge in [-0.05, 0) is 30.5 Å². The zero-order chi connectivity index (χ0) is 14.3. The van der Waals surface area contributed by atoms with E-state index in [2.05, 4.69) is 50.2 Å². The Labute approximate surface area is 118 Å². The molecule has 0 bridgehead atoms. The van der Waals surface area contributed by atoms with Gasteiger partial charge in [-0.1, -0.05) is 32.9 Å². The zero-order valence-corrected chi connectivity index (χ0v) is 13.0. The summed E-state index contributed by atoms with van der Waals surface area (Å²) in [4.78, 5) is 2.29. The molecule has 0 spiro atoms. The summed E-state index contributed by atoms with van der Waals surface area (Å²) in [5.41, 5.74) is 1.42. The minimum atomic E-state index is 0.269. The van der Waals surface area contributed by atoms with Gasteiger partial charge in [0.1, 0.15) is 5.75 Å². The van der Waals surface area contributed by atoms with Gasteiger partial charge in [-0.3, -0.25) is 0 Å². The molecule has 1 unspecified atom stereocenters. The Morgan fingerprint density at radius 3 is 2.53 bits per heavy atom. The van der Waals surface area contributed by atoms with Crippen LogP contribution in [0.15, 0.2) is 24.3 Å². The number of methoxy groups -OCH3 is 1. The Morgan fingerprint density at radius 1 is 1.26 bits per heavy atom. The quantitative estimate of drug-likeness (QED) is 0.780. The summed E-state index contributed by atoms with van der Waals surface area (Å²) in [5.74, 6) is 0.937. The van der Waals surface area contributed by atoms with E-state index >= 15 is 0 Å². The summed E-state index contributed by atoms with van der Waals surface area (Å²) in [7, 11) is 3.86. The average Bonchev–Trinajstić information content (AvgIpc) is 2.45. The summed E-state index contributed by atoms with van der Waals surface area (Å²) >= 11 is 0. The van der Waals surface area contributed by atoms with E-state index in [0.717, 1.165) is 37.5 Å². The lowest BCUT2D eigenvalue weighted by Gasteiger charge is -2.34. The van der Waals surface area contributed by atoms with Crippen molar-refractivity contribution >= 4 is 5.69 Å². The first kappa shape index (κ1) is 15.8. The van der Waals surface area contributed by atoms with Gasteiger partial charge in [0.15, 0.2) is 0 Å². The molecule has 0 heterocycles. The normalized spacial score (nSPS) is 13.9. The first-order chi connectivity index (χ1) is 9.06. The maximum Gasteiger partial charge on any atom is 0.142 e. The van der Waals surface area contributed by atoms with E-state index in [-0.39, 0.29) is 5.41 Å². The molecule has 0 saturated heterocycles. The topological polar surface area (TPSA) is 24.5 Å². The van der Waals surface area contributed by atoms with E-state index in [0.29, 0.717) is 0 Å². The lowest BCUT2D eigenvalue weighted by Crippen LogP contribution is -2.40. The molecule has 3 nitrogen and oxygen atoms in total. The average molecular weight is 264 g/mol. The van der Waals surface area contributed by atoms with E-state index in [4.69, 9.17) is 4.74 Å². The van der Waals surface area contributed by atoms with E-state index in [1.807, 2.05) is 12.1 Å². The molecule has 0 saturated carbocycles. The molecule has 108 valence electrons. The van der Waals surface area contributed by atoms with Crippen LogP contribution in [0.5, 0.6) is 5.75 Å². The minimum Gasteiger partial charge on any atom is -0.495 e. The monoisotopic (exact) mass is 264 g/mol. The summed E-state index contributed by atoms with van der Waals surface area (Å²) in [6.07, 6.45) is 1.15. The zero-order valence-electron chi connectivity index (χ0n) is 13.0. The third-order valence-electron chi connectivity index (χ3n) is 3.77. The van der Waals surface area contributed by atoms with Crippen LogP contribution < -0.4 is 15.0 Å². The molecule has 0 amide bonds. The smallest absolute Gasteiger partial charge is 0.142 e. The van der Waals surface area contributed by atoms with Crippen molar-refractivity contribution in [3.8, 4) is 5.75 Å². The molecule has 0 aliphatic carbocycles. The molecule has 1 aromatic rings. The second kappa shape index (κ2) is 7.39. The highest BCUT2D eigenvalue weighted by Crippen LogP contribution is 2.30. The fourth-order valence-corrected chi connectivity index (χ4v) is 2.32. The number of hydrogen-bond donors (Lipinski definition) is 1. The van der Waals surface area contributed by atoms with E-state index in [9.17, 15) is 0 Å². The Bertz CT molecular complexity index is 381. The van der Waals surface area contributed by atoms with Crippen LogP contribution in [-0.2, 0) is 0 Å². The molecule has 1 rings (SSSR count). The maximum absolute atomic E-state index is 5.44. The number of rotatable bonds is 8. The van der Waals surface area contributed by atoms with Crippen molar-refractivity contribution in [1.29, 1.82) is 0 Å². The van der Waals surface area contributed by atoms with Crippen molar-refractivity contribution in [2.45, 2.75) is 27.2 Å². The van der Waals surface area contributed by atoms with Crippen molar-refractivity contribution in [3.63, 3.8) is 0 Å². The molecule has 3 heteroatoms. The van der Waals surface area contributed by atoms with Crippen LogP contribution in [0.1, 0.15) is 27.2 Å². The molecule has 1 N–H and O–H groups in total. The highest BCUT2D eigenvalue weighted by molar-refractivity contribution is 5.57. The molecule has 1 aromatic carbocycles. The van der Waals surface area contributed by atoms with Crippen LogP contribution in [0.25, 0.3) is 0 Å². The number of para-hydroxylation sites is 2. The van der Waals surface area contributed by atoms with Crippen molar-refractivity contribution in [3.05, 3.63) is 24.3 Å². The molecule has 0 aliphatic rings. The number of hydrogen-bond acceptors (Lipinski definition) is 3. The van der Waals surface area contributed by atoms with Gasteiger partial charge in [-0.15, -0.1) is 0 Å². The largest absolute Gasteiger partial charge is 0.495 e. The van der Waals surface area contributed by atoms with Crippen LogP contribution in [0.3, 0.4) is 0 Å². The van der Waals surface area contributed by atoms with Crippen molar-refractivity contribution in [2.75, 3.05) is 38.7 Å². The molecule has 0 fully saturated rings. The molecular weight excluding hydrogens is 236 g/mol. The third kappa shape index (κ3) is 4.43. The fourth-order valence-electron chi connectivity index (χ4n) is 2.32. The molecule has 1 atom stereocenters. The second-order valence-electron chi connectivity index (χ2n) is 5.47. The fraction of sp³-hybridized carbons (Fsp3) is 0.625. The van der Waals surface area contributed by atoms with Crippen molar-refractivity contribution in [2.24, 2.45) is 5.41 Å². The summed E-state index contributed by atoms with van der Waals surface area (Å²) in [6, 6.07) is 8.19. The number of nitrogens with zero attached hydrogens (tertiary/aromatic N) is 1. The predicted molar refractivity (Wildman–Crippen MR) is 83.2 cm³/mol. The Hall–Kier alpha value is -1.22. The molecular formula is C16H28N2O. The summed E-state index contributed by atoms with van der Waals surface area (Å²) in [6.45, 7) is 9.82. The maximum atomic E-state index is 5.44. The second-order valence-corrected chi connectivity index (χ2v) is 5.47. The van der Waals surface area contributed by atoms with Gasteiger partial charge >= 0.3 is 0 Å². The first-order valence-electron chi connectivity index (χ1n) is 7.11. The van der Waals surface area contributed by atoms with Crippen LogP contribution in [-0.4, -0.2) is 33.8 Å². The third-order valence-corrected chi connectivity index (χ3v) is 3.77. The van der Waals surface area contributed by atoms with Crippen molar-refractivity contribution < 1.29 is 4.74 Å². The molecule has 19 heavy (non-hydrogen) atoms. The minimum absolute atomic E-state index is 0.269. The summed E-state index contributed by atoms with van der Waals surface area (Å²) < 4.78 is 5.44. The highest BCUT2D eigenvalue weighted by atomic mass is 16.5. The van der Waals surface area contributed by atoms with Gasteiger partial charge in [-0.2, -0.15) is 0 Å². The standard InChI is InChI=1S/C16H28N2O/c1-6-16(3,12-17-7-2)13-18(4)14-10-8-9-11-15(14)19-5/h8-11,17H,6-7,12-13H2,1-5H3. The van der Waals surface area contributed by atoms with Crippen LogP contribution in [0.4, 0.5) is 5.69 Å². The Kier molecular flexibility index (Phi) is 6.16. The molecule has 0 aliphatic heterocycles. The lowest BCUT2D eigenvalue weighted by atomic mass is 9.86. The Balaban J connectivity index is 2.79. The van der Waals surface area contributed by atoms with Crippen molar-refractivity contribution in [1.82, 2.24) is 5.32 Å². The highest BCUT2D eigenvalue weighted by Gasteiger charge is 2.24. The number of nitrogens with one attached hydrogen (secondary N) is 1. The number of benzene rings is 1. The van der Waals surface area contributed by atoms with E-state index in [1.165, 1.54) is 0 Å². The lowest BCUT2D eigenvalue weighted by molar-refractivity contribution is 0.301. The number of anilines is 1. The van der Waals surface area contributed by atoms with Gasteiger partial charge in [-0.25, -0.2) is 0 Å². The van der Waals surface area contributed by atoms with Gasteiger partial charge in [0.05, 0.1) is 12.8 Å². The van der Waals surface area contributed by atoms with Gasteiger partial charge < -0.3 is 15.0 Å². The van der Waals surface area contributed by atoms with E-state index < -0.39 is 0 Å². The molecule has 0 radical (unpaired) electrons. The van der Waals surface area contributed by atoms with Gasteiger partial charge in [0, 0.05) is 20.1 Å². The Morgan fingerprint density at radius 2 is 1.95 bits per heavy atom. The molecule has 0 aromatic heterocycles. The van der Waals surface area contributed by atoms with Crippen LogP contribution in [0, 0.1) is 5.41 Å². The van der Waals surface area contributed by atoms with Gasteiger partial charge in [0.2, 0.25) is 0 Å². The van der Waals surface area contributed by atoms with E-state index in [1.54, 1.807) is 7.11 Å².